The van der Waals surface area contributed by atoms with E-state index in [9.17, 15) is 13.2 Å². The number of hydrogen-bond acceptors (Lipinski definition) is 2. The van der Waals surface area contributed by atoms with E-state index in [0.717, 1.165) is 0 Å². The minimum atomic E-state index is -5.84. The van der Waals surface area contributed by atoms with Crippen LogP contribution in [0, 0.1) is 0 Å². The molecule has 12 heteroatoms. The molecule has 0 amide bonds. The van der Waals surface area contributed by atoms with Crippen molar-refractivity contribution in [2.75, 3.05) is 0 Å². The summed E-state index contributed by atoms with van der Waals surface area (Å²) in [6.45, 7) is 0. The molecule has 7 rings (SSSR count). The number of benzene rings is 5. The zero-order valence-electron chi connectivity index (χ0n) is 27.9. The number of alkyl halides is 3. The van der Waals surface area contributed by atoms with Gasteiger partial charge in [-0.3, -0.25) is 4.55 Å². The predicted octanol–water partition coefficient (Wildman–Crippen LogP) is 5.15. The van der Waals surface area contributed by atoms with E-state index in [-0.39, 0.29) is 69.4 Å². The van der Waals surface area contributed by atoms with Crippen molar-refractivity contribution >= 4 is 81.7 Å². The molecule has 3 radical (unpaired) electrons. The molecule has 0 aliphatic carbocycles. The summed E-state index contributed by atoms with van der Waals surface area (Å²) in [5.74, 6) is 0. The summed E-state index contributed by atoms with van der Waals surface area (Å²) < 4.78 is 63.5. The Labute approximate surface area is 350 Å². The van der Waals surface area contributed by atoms with Gasteiger partial charge in [0.1, 0.15) is 15.9 Å². The standard InChI is InChI=1S/C18H15P.2C11H10Se.CHF3O3S.Ag.Fe/c1-4-10-16(11-5-1)19(17-12-6-2-7-13-17)18-14-8-3-9-15-18;2*1-2-6-10(7-3-1)12-11-8-4-5-9-11;2-1(3,4)8(5,6)7;;/h1-15H;2*1-9,12H;(H,5,6,7);;/q;2*-1;;;/p+1. The Morgan fingerprint density at radius 2 is 0.698 bits per heavy atom. The van der Waals surface area contributed by atoms with Crippen molar-refractivity contribution in [3.8, 4) is 0 Å². The SMILES string of the molecule is O=S(=O)(O)C(F)(F)F.[Ag].[Fe].c1ccc([PH+](c2ccccc2)c2ccccc2)cc1.c1ccc([SeH][c-]2cccc2)cc1.c1ccc([SeH][c-]2cccc2)cc1. The fraction of sp³-hybridized carbons (Fsp3) is 0.0244. The Morgan fingerprint density at radius 1 is 0.472 bits per heavy atom. The summed E-state index contributed by atoms with van der Waals surface area (Å²) in [5, 5.41) is 4.31. The van der Waals surface area contributed by atoms with Crippen LogP contribution in [-0.2, 0) is 49.6 Å². The third-order valence-electron chi connectivity index (χ3n) is 6.80. The fourth-order valence-corrected chi connectivity index (χ4v) is 11.0. The van der Waals surface area contributed by atoms with Crippen molar-refractivity contribution < 1.29 is 65.6 Å². The number of hydrogen-bond donors (Lipinski definition) is 1. The van der Waals surface area contributed by atoms with Crippen LogP contribution in [0.15, 0.2) is 200 Å². The maximum atomic E-state index is 10.7. The molecule has 3 nitrogen and oxygen atoms in total. The molecule has 0 aliphatic rings. The van der Waals surface area contributed by atoms with Crippen LogP contribution in [0.25, 0.3) is 0 Å². The Morgan fingerprint density at radius 3 is 0.925 bits per heavy atom. The van der Waals surface area contributed by atoms with Crippen molar-refractivity contribution in [3.63, 3.8) is 0 Å². The Bertz CT molecular complexity index is 1880. The Kier molecular flexibility index (Phi) is 21.5. The van der Waals surface area contributed by atoms with Gasteiger partial charge in [-0.25, -0.2) is 0 Å². The van der Waals surface area contributed by atoms with E-state index in [4.69, 9.17) is 13.0 Å². The Hall–Kier alpha value is -2.77. The monoisotopic (exact) mass is 1020 g/mol. The second kappa shape index (κ2) is 24.6. The van der Waals surface area contributed by atoms with Crippen LogP contribution >= 0.6 is 7.92 Å². The van der Waals surface area contributed by atoms with Gasteiger partial charge in [-0.15, -0.1) is 0 Å². The van der Waals surface area contributed by atoms with Crippen LogP contribution in [0.2, 0.25) is 0 Å². The van der Waals surface area contributed by atoms with E-state index in [2.05, 4.69) is 200 Å². The van der Waals surface area contributed by atoms with Crippen molar-refractivity contribution in [1.82, 2.24) is 0 Å². The van der Waals surface area contributed by atoms with Gasteiger partial charge in [-0.2, -0.15) is 21.6 Å². The van der Waals surface area contributed by atoms with Crippen molar-refractivity contribution in [1.29, 1.82) is 0 Å². The summed E-state index contributed by atoms with van der Waals surface area (Å²) >= 11 is 0.423. The molecule has 7 aromatic carbocycles. The summed E-state index contributed by atoms with van der Waals surface area (Å²) in [6, 6.07) is 71.1. The van der Waals surface area contributed by atoms with E-state index in [0.29, 0.717) is 0 Å². The van der Waals surface area contributed by atoms with Gasteiger partial charge < -0.3 is 0 Å². The van der Waals surface area contributed by atoms with Gasteiger partial charge >= 0.3 is 173 Å². The Balaban J connectivity index is 0.000000253. The normalized spacial score (nSPS) is 10.4. The molecule has 0 unspecified atom stereocenters. The number of rotatable bonds is 7. The van der Waals surface area contributed by atoms with Crippen molar-refractivity contribution in [3.05, 3.63) is 200 Å². The quantitative estimate of drug-likeness (QED) is 0.0792. The topological polar surface area (TPSA) is 54.4 Å². The number of halogens is 3. The molecule has 7 aromatic rings. The van der Waals surface area contributed by atoms with E-state index < -0.39 is 23.5 Å². The van der Waals surface area contributed by atoms with Gasteiger partial charge in [0.05, 0.1) is 7.92 Å². The molecule has 0 saturated heterocycles. The molecule has 53 heavy (non-hydrogen) atoms. The van der Waals surface area contributed by atoms with Crippen LogP contribution in [0.5, 0.6) is 0 Å². The van der Waals surface area contributed by atoms with Crippen molar-refractivity contribution in [2.24, 2.45) is 0 Å². The third kappa shape index (κ3) is 17.1. The molecule has 0 aliphatic heterocycles. The van der Waals surface area contributed by atoms with Crippen LogP contribution < -0.4 is 33.8 Å². The van der Waals surface area contributed by atoms with Gasteiger partial charge in [0.15, 0.2) is 0 Å². The fourth-order valence-electron chi connectivity index (χ4n) is 4.49. The first-order valence-electron chi connectivity index (χ1n) is 15.6. The van der Waals surface area contributed by atoms with Crippen molar-refractivity contribution in [2.45, 2.75) is 5.51 Å². The predicted molar refractivity (Wildman–Crippen MR) is 214 cm³/mol. The van der Waals surface area contributed by atoms with Crippen LogP contribution in [0.3, 0.4) is 0 Å². The molecule has 0 fully saturated rings. The summed E-state index contributed by atoms with van der Waals surface area (Å²) in [6.07, 6.45) is 0. The molecular formula is C41H37AgF3FeO3PSSe2-. The third-order valence-corrected chi connectivity index (χ3v) is 14.8. The van der Waals surface area contributed by atoms with E-state index in [1.165, 1.54) is 33.8 Å². The summed E-state index contributed by atoms with van der Waals surface area (Å²) in [5.41, 5.74) is -5.53. The average Bonchev–Trinajstić information content (AvgIpc) is 3.86. The molecule has 0 aromatic heterocycles. The average molecular weight is 1020 g/mol. The first-order chi connectivity index (χ1) is 24.6. The van der Waals surface area contributed by atoms with E-state index in [1.54, 1.807) is 0 Å². The van der Waals surface area contributed by atoms with Gasteiger partial charge in [0.2, 0.25) is 0 Å². The zero-order valence-corrected chi connectivity index (χ0v) is 36.1. The summed E-state index contributed by atoms with van der Waals surface area (Å²) in [7, 11) is -6.72. The molecule has 0 saturated carbocycles. The van der Waals surface area contributed by atoms with Gasteiger partial charge in [-0.1, -0.05) is 54.6 Å². The summed E-state index contributed by atoms with van der Waals surface area (Å²) in [4.78, 5) is 0. The molecule has 0 heterocycles. The molecule has 0 spiro atoms. The molecule has 1 N–H and O–H groups in total. The zero-order chi connectivity index (χ0) is 36.4. The van der Waals surface area contributed by atoms with Crippen LogP contribution in [0.1, 0.15) is 0 Å². The first kappa shape index (κ1) is 46.4. The second-order valence-electron chi connectivity index (χ2n) is 10.6. The maximum absolute atomic E-state index is 10.7. The first-order valence-corrected chi connectivity index (χ1v) is 22.3. The molecule has 0 bridgehead atoms. The van der Waals surface area contributed by atoms with Gasteiger partial charge in [0, 0.05) is 39.4 Å². The minimum absolute atomic E-state index is 0. The molecule has 283 valence electrons. The van der Waals surface area contributed by atoms with Crippen LogP contribution in [-0.4, -0.2) is 48.4 Å². The second-order valence-corrected chi connectivity index (χ2v) is 19.7. The van der Waals surface area contributed by atoms with Crippen LogP contribution in [0.4, 0.5) is 13.2 Å². The van der Waals surface area contributed by atoms with E-state index >= 15 is 0 Å². The molecular weight excluding hydrogens is 982 g/mol. The van der Waals surface area contributed by atoms with E-state index in [1.807, 2.05) is 0 Å². The molecule has 0 atom stereocenters. The van der Waals surface area contributed by atoms with Gasteiger partial charge in [-0.05, 0) is 36.4 Å². The van der Waals surface area contributed by atoms with Gasteiger partial charge in [0.25, 0.3) is 0 Å².